The molecule has 10 heteroatoms. The SMILES string of the molecule is CC(C)NC(=O)c1ccccc1NC(=O)C1CCN(S(=O)(=O)Cc2ccc(Cl)c(Cl)c2)CC1. The summed E-state index contributed by atoms with van der Waals surface area (Å²) >= 11 is 11.9. The number of rotatable bonds is 7. The standard InChI is InChI=1S/C23H27Cl2N3O4S/c1-15(2)26-23(30)18-5-3-4-6-21(18)27-22(29)17-9-11-28(12-10-17)33(31,32)14-16-7-8-19(24)20(25)13-16/h3-8,13,15,17H,9-12,14H2,1-2H3,(H,26,30)(H,27,29). The van der Waals surface area contributed by atoms with Crippen molar-refractivity contribution >= 4 is 50.7 Å². The Morgan fingerprint density at radius 3 is 2.36 bits per heavy atom. The number of piperidine rings is 1. The molecule has 178 valence electrons. The highest BCUT2D eigenvalue weighted by molar-refractivity contribution is 7.88. The maximum absolute atomic E-state index is 12.8. The van der Waals surface area contributed by atoms with E-state index in [0.717, 1.165) is 0 Å². The first-order valence-electron chi connectivity index (χ1n) is 10.7. The summed E-state index contributed by atoms with van der Waals surface area (Å²) in [4.78, 5) is 25.3. The Labute approximate surface area is 204 Å². The number of hydrogen-bond acceptors (Lipinski definition) is 4. The van der Waals surface area contributed by atoms with E-state index in [1.807, 2.05) is 13.8 Å². The zero-order valence-corrected chi connectivity index (χ0v) is 20.8. The highest BCUT2D eigenvalue weighted by Gasteiger charge is 2.31. The van der Waals surface area contributed by atoms with Crippen LogP contribution >= 0.6 is 23.2 Å². The molecular weight excluding hydrogens is 485 g/mol. The van der Waals surface area contributed by atoms with Gasteiger partial charge in [0.1, 0.15) is 0 Å². The summed E-state index contributed by atoms with van der Waals surface area (Å²) in [5.74, 6) is -1.01. The van der Waals surface area contributed by atoms with Gasteiger partial charge in [0.15, 0.2) is 0 Å². The van der Waals surface area contributed by atoms with E-state index in [2.05, 4.69) is 10.6 Å². The normalized spacial score (nSPS) is 15.4. The lowest BCUT2D eigenvalue weighted by atomic mass is 9.97. The number of hydrogen-bond donors (Lipinski definition) is 2. The van der Waals surface area contributed by atoms with Crippen molar-refractivity contribution in [2.24, 2.45) is 5.92 Å². The maximum atomic E-state index is 12.8. The zero-order chi connectivity index (χ0) is 24.2. The molecule has 3 rings (SSSR count). The number of carbonyl (C=O) groups excluding carboxylic acids is 2. The van der Waals surface area contributed by atoms with Crippen LogP contribution in [0.2, 0.25) is 10.0 Å². The van der Waals surface area contributed by atoms with Crippen molar-refractivity contribution < 1.29 is 18.0 Å². The van der Waals surface area contributed by atoms with Crippen LogP contribution in [0.4, 0.5) is 5.69 Å². The molecule has 0 saturated carbocycles. The van der Waals surface area contributed by atoms with Gasteiger partial charge in [0.05, 0.1) is 27.0 Å². The summed E-state index contributed by atoms with van der Waals surface area (Å²) in [7, 11) is -3.56. The smallest absolute Gasteiger partial charge is 0.253 e. The highest BCUT2D eigenvalue weighted by Crippen LogP contribution is 2.27. The van der Waals surface area contributed by atoms with E-state index in [1.54, 1.807) is 42.5 Å². The predicted octanol–water partition coefficient (Wildman–Crippen LogP) is 4.31. The number of amides is 2. The largest absolute Gasteiger partial charge is 0.350 e. The second-order valence-electron chi connectivity index (χ2n) is 8.34. The lowest BCUT2D eigenvalue weighted by Crippen LogP contribution is -2.42. The first-order valence-corrected chi connectivity index (χ1v) is 13.1. The van der Waals surface area contributed by atoms with Crippen LogP contribution < -0.4 is 10.6 Å². The van der Waals surface area contributed by atoms with E-state index < -0.39 is 10.0 Å². The van der Waals surface area contributed by atoms with Crippen molar-refractivity contribution in [3.05, 3.63) is 63.6 Å². The molecule has 1 aliphatic rings. The molecule has 2 aromatic rings. The number of sulfonamides is 1. The minimum atomic E-state index is -3.56. The molecule has 0 bridgehead atoms. The van der Waals surface area contributed by atoms with Crippen LogP contribution in [0.5, 0.6) is 0 Å². The maximum Gasteiger partial charge on any atom is 0.253 e. The summed E-state index contributed by atoms with van der Waals surface area (Å²) < 4.78 is 27.1. The molecule has 7 nitrogen and oxygen atoms in total. The average Bonchev–Trinajstić information content (AvgIpc) is 2.76. The van der Waals surface area contributed by atoms with Crippen molar-refractivity contribution in [3.8, 4) is 0 Å². The van der Waals surface area contributed by atoms with Crippen molar-refractivity contribution in [3.63, 3.8) is 0 Å². The van der Waals surface area contributed by atoms with E-state index in [4.69, 9.17) is 23.2 Å². The van der Waals surface area contributed by atoms with Gasteiger partial charge in [-0.1, -0.05) is 41.4 Å². The Bertz CT molecular complexity index is 1130. The number of anilines is 1. The van der Waals surface area contributed by atoms with Gasteiger partial charge in [0, 0.05) is 25.0 Å². The third kappa shape index (κ3) is 6.69. The molecule has 1 fully saturated rings. The third-order valence-corrected chi connectivity index (χ3v) is 7.99. The molecule has 1 aliphatic heterocycles. The van der Waals surface area contributed by atoms with Gasteiger partial charge in [-0.2, -0.15) is 0 Å². The van der Waals surface area contributed by atoms with Gasteiger partial charge in [0.2, 0.25) is 15.9 Å². The lowest BCUT2D eigenvalue weighted by Gasteiger charge is -2.30. The fourth-order valence-corrected chi connectivity index (χ4v) is 5.56. The Morgan fingerprint density at radius 2 is 1.73 bits per heavy atom. The Kier molecular flexibility index (Phi) is 8.39. The van der Waals surface area contributed by atoms with Gasteiger partial charge in [-0.3, -0.25) is 9.59 Å². The van der Waals surface area contributed by atoms with Crippen LogP contribution in [0.15, 0.2) is 42.5 Å². The van der Waals surface area contributed by atoms with Gasteiger partial charge < -0.3 is 10.6 Å². The summed E-state index contributed by atoms with van der Waals surface area (Å²) in [6, 6.07) is 11.6. The monoisotopic (exact) mass is 511 g/mol. The Hall–Kier alpha value is -2.13. The van der Waals surface area contributed by atoms with Gasteiger partial charge in [-0.05, 0) is 56.5 Å². The van der Waals surface area contributed by atoms with Crippen LogP contribution in [0, 0.1) is 5.92 Å². The van der Waals surface area contributed by atoms with E-state index in [1.165, 1.54) is 4.31 Å². The molecule has 0 spiro atoms. The van der Waals surface area contributed by atoms with Crippen molar-refractivity contribution in [1.29, 1.82) is 0 Å². The van der Waals surface area contributed by atoms with E-state index in [9.17, 15) is 18.0 Å². The molecular formula is C23H27Cl2N3O4S. The first-order chi connectivity index (χ1) is 15.6. The number of para-hydroxylation sites is 1. The molecule has 0 atom stereocenters. The van der Waals surface area contributed by atoms with Gasteiger partial charge in [-0.15, -0.1) is 0 Å². The molecule has 2 aromatic carbocycles. The van der Waals surface area contributed by atoms with E-state index in [0.29, 0.717) is 39.7 Å². The minimum absolute atomic E-state index is 0.0311. The molecule has 0 unspecified atom stereocenters. The van der Waals surface area contributed by atoms with E-state index >= 15 is 0 Å². The van der Waals surface area contributed by atoms with E-state index in [-0.39, 0.29) is 42.6 Å². The summed E-state index contributed by atoms with van der Waals surface area (Å²) in [6.45, 7) is 4.22. The summed E-state index contributed by atoms with van der Waals surface area (Å²) in [5, 5.41) is 6.34. The second kappa shape index (κ2) is 10.9. The summed E-state index contributed by atoms with van der Waals surface area (Å²) in [5.41, 5.74) is 1.39. The molecule has 33 heavy (non-hydrogen) atoms. The number of benzene rings is 2. The lowest BCUT2D eigenvalue weighted by molar-refractivity contribution is -0.120. The number of nitrogens with zero attached hydrogens (tertiary/aromatic N) is 1. The first kappa shape index (κ1) is 25.5. The second-order valence-corrected chi connectivity index (χ2v) is 11.1. The number of carbonyl (C=O) groups is 2. The zero-order valence-electron chi connectivity index (χ0n) is 18.5. The number of nitrogens with one attached hydrogen (secondary N) is 2. The Morgan fingerprint density at radius 1 is 1.06 bits per heavy atom. The van der Waals surface area contributed by atoms with Crippen molar-refractivity contribution in [2.45, 2.75) is 38.5 Å². The van der Waals surface area contributed by atoms with Gasteiger partial charge >= 0.3 is 0 Å². The Balaban J connectivity index is 1.60. The van der Waals surface area contributed by atoms with Crippen LogP contribution in [-0.2, 0) is 20.6 Å². The highest BCUT2D eigenvalue weighted by atomic mass is 35.5. The van der Waals surface area contributed by atoms with Gasteiger partial charge in [-0.25, -0.2) is 12.7 Å². The topological polar surface area (TPSA) is 95.6 Å². The molecule has 1 saturated heterocycles. The van der Waals surface area contributed by atoms with Crippen LogP contribution in [-0.4, -0.2) is 43.7 Å². The van der Waals surface area contributed by atoms with Crippen LogP contribution in [0.3, 0.4) is 0 Å². The van der Waals surface area contributed by atoms with Gasteiger partial charge in [0.25, 0.3) is 5.91 Å². The third-order valence-electron chi connectivity index (χ3n) is 5.40. The fourth-order valence-electron chi connectivity index (χ4n) is 3.69. The number of halogens is 2. The molecule has 1 heterocycles. The quantitative estimate of drug-likeness (QED) is 0.578. The summed E-state index contributed by atoms with van der Waals surface area (Å²) in [6.07, 6.45) is 0.791. The minimum Gasteiger partial charge on any atom is -0.350 e. The molecule has 2 N–H and O–H groups in total. The molecule has 0 aromatic heterocycles. The fraction of sp³-hybridized carbons (Fsp3) is 0.391. The van der Waals surface area contributed by atoms with Crippen LogP contribution in [0.1, 0.15) is 42.6 Å². The molecule has 0 radical (unpaired) electrons. The molecule has 0 aliphatic carbocycles. The van der Waals surface area contributed by atoms with Crippen LogP contribution in [0.25, 0.3) is 0 Å². The predicted molar refractivity (Wildman–Crippen MR) is 131 cm³/mol. The molecule has 2 amide bonds. The van der Waals surface area contributed by atoms with Crippen molar-refractivity contribution in [1.82, 2.24) is 9.62 Å². The average molecular weight is 512 g/mol. The van der Waals surface area contributed by atoms with Crippen molar-refractivity contribution in [2.75, 3.05) is 18.4 Å².